The molecule has 1 heterocycles. The molecule has 0 aromatic heterocycles. The topological polar surface area (TPSA) is 61.2 Å². The number of ether oxygens (including phenoxy) is 3. The van der Waals surface area contributed by atoms with Crippen LogP contribution < -0.4 is 19.7 Å². The predicted octanol–water partition coefficient (Wildman–Crippen LogP) is 2.57. The summed E-state index contributed by atoms with van der Waals surface area (Å²) in [6, 6.07) is 13.7. The third-order valence-corrected chi connectivity index (χ3v) is 5.66. The first-order valence-corrected chi connectivity index (χ1v) is 11.2. The number of amides is 1. The molecule has 1 fully saturated rings. The number of quaternary nitrogens is 1. The molecule has 0 unspecified atom stereocenters. The Bertz CT molecular complexity index is 832. The van der Waals surface area contributed by atoms with Crippen LogP contribution in [0.15, 0.2) is 42.5 Å². The first kappa shape index (κ1) is 23.1. The molecule has 2 N–H and O–H groups in total. The number of unbranched alkanes of at least 4 members (excludes halogenated alkanes) is 1. The van der Waals surface area contributed by atoms with Crippen LogP contribution in [0.25, 0.3) is 0 Å². The van der Waals surface area contributed by atoms with Gasteiger partial charge in [-0.1, -0.05) is 43.2 Å². The first-order chi connectivity index (χ1) is 15.1. The van der Waals surface area contributed by atoms with E-state index in [0.29, 0.717) is 23.7 Å². The van der Waals surface area contributed by atoms with Crippen LogP contribution in [-0.4, -0.2) is 52.5 Å². The first-order valence-electron chi connectivity index (χ1n) is 11.2. The summed E-state index contributed by atoms with van der Waals surface area (Å²) in [5, 5.41) is 3.24. The minimum atomic E-state index is -0.114. The van der Waals surface area contributed by atoms with Gasteiger partial charge in [-0.05, 0) is 37.1 Å². The molecule has 6 heteroatoms. The molecule has 1 atom stereocenters. The minimum absolute atomic E-state index is 0.0762. The lowest BCUT2D eigenvalue weighted by Crippen LogP contribution is -3.14. The van der Waals surface area contributed by atoms with Gasteiger partial charge >= 0.3 is 0 Å². The van der Waals surface area contributed by atoms with E-state index in [9.17, 15) is 4.79 Å². The second kappa shape index (κ2) is 11.7. The molecule has 0 radical (unpaired) electrons. The molecule has 1 saturated heterocycles. The Hall–Kier alpha value is -2.57. The number of carbonyl (C=O) groups excluding carboxylic acids is 1. The largest absolute Gasteiger partial charge is 0.493 e. The summed E-state index contributed by atoms with van der Waals surface area (Å²) < 4.78 is 16.8. The van der Waals surface area contributed by atoms with Gasteiger partial charge in [-0.15, -0.1) is 0 Å². The van der Waals surface area contributed by atoms with Crippen molar-refractivity contribution < 1.29 is 23.9 Å². The molecule has 2 aromatic rings. The zero-order valence-corrected chi connectivity index (χ0v) is 18.9. The van der Waals surface area contributed by atoms with Gasteiger partial charge in [0.1, 0.15) is 25.7 Å². The van der Waals surface area contributed by atoms with Crippen molar-refractivity contribution in [2.75, 3.05) is 46.6 Å². The van der Waals surface area contributed by atoms with Crippen molar-refractivity contribution in [1.29, 1.82) is 0 Å². The number of morpholine rings is 1. The molecule has 1 aliphatic heterocycles. The van der Waals surface area contributed by atoms with Gasteiger partial charge in [-0.2, -0.15) is 0 Å². The lowest BCUT2D eigenvalue weighted by atomic mass is 10.0. The van der Waals surface area contributed by atoms with Crippen molar-refractivity contribution in [3.05, 3.63) is 59.2 Å². The summed E-state index contributed by atoms with van der Waals surface area (Å²) in [4.78, 5) is 14.6. The number of nitrogens with one attached hydrogen (secondary N) is 2. The standard InChI is InChI=1S/C25H34N2O4/c1-4-5-14-31-23-11-10-21(17-24(23)29-3)25(28)26-22(18-27-12-15-30-16-13-27)20-8-6-19(2)7-9-20/h6-11,17,22H,4-5,12-16,18H2,1-3H3,(H,26,28)/p+1/t22-/m0/s1. The van der Waals surface area contributed by atoms with E-state index in [1.54, 1.807) is 19.2 Å². The van der Waals surface area contributed by atoms with Crippen LogP contribution in [0.4, 0.5) is 0 Å². The van der Waals surface area contributed by atoms with Crippen LogP contribution in [0.3, 0.4) is 0 Å². The summed E-state index contributed by atoms with van der Waals surface area (Å²) in [6.45, 7) is 9.09. The van der Waals surface area contributed by atoms with Crippen LogP contribution in [0.1, 0.15) is 47.3 Å². The van der Waals surface area contributed by atoms with Gasteiger partial charge in [-0.3, -0.25) is 4.79 Å². The van der Waals surface area contributed by atoms with E-state index in [4.69, 9.17) is 14.2 Å². The number of methoxy groups -OCH3 is 1. The SMILES string of the molecule is CCCCOc1ccc(C(=O)N[C@@H](C[NH+]2CCOCC2)c2ccc(C)cc2)cc1OC. The Morgan fingerprint density at radius 2 is 1.87 bits per heavy atom. The highest BCUT2D eigenvalue weighted by molar-refractivity contribution is 5.95. The lowest BCUT2D eigenvalue weighted by Gasteiger charge is -2.28. The summed E-state index contributed by atoms with van der Waals surface area (Å²) in [7, 11) is 1.60. The van der Waals surface area contributed by atoms with Gasteiger partial charge in [0, 0.05) is 5.56 Å². The average molecular weight is 428 g/mol. The van der Waals surface area contributed by atoms with Crippen LogP contribution in [-0.2, 0) is 4.74 Å². The van der Waals surface area contributed by atoms with E-state index in [2.05, 4.69) is 43.4 Å². The van der Waals surface area contributed by atoms with Crippen molar-refractivity contribution in [3.63, 3.8) is 0 Å². The van der Waals surface area contributed by atoms with Crippen LogP contribution in [0, 0.1) is 6.92 Å². The van der Waals surface area contributed by atoms with Crippen molar-refractivity contribution in [1.82, 2.24) is 5.32 Å². The van der Waals surface area contributed by atoms with Crippen LogP contribution >= 0.6 is 0 Å². The van der Waals surface area contributed by atoms with Crippen molar-refractivity contribution in [2.24, 2.45) is 0 Å². The molecule has 0 aliphatic carbocycles. The van der Waals surface area contributed by atoms with Crippen molar-refractivity contribution in [2.45, 2.75) is 32.7 Å². The third kappa shape index (κ3) is 6.71. The average Bonchev–Trinajstić information content (AvgIpc) is 2.80. The number of benzene rings is 2. The minimum Gasteiger partial charge on any atom is -0.493 e. The molecular weight excluding hydrogens is 392 g/mol. The number of hydrogen-bond acceptors (Lipinski definition) is 4. The van der Waals surface area contributed by atoms with Gasteiger partial charge in [0.05, 0.1) is 26.9 Å². The molecule has 3 rings (SSSR count). The highest BCUT2D eigenvalue weighted by atomic mass is 16.5. The molecule has 0 saturated carbocycles. The van der Waals surface area contributed by atoms with E-state index in [1.807, 2.05) is 6.07 Å². The summed E-state index contributed by atoms with van der Waals surface area (Å²) >= 11 is 0. The zero-order chi connectivity index (χ0) is 22.1. The fourth-order valence-corrected chi connectivity index (χ4v) is 3.70. The second-order valence-electron chi connectivity index (χ2n) is 8.07. The maximum atomic E-state index is 13.1. The van der Waals surface area contributed by atoms with Gasteiger partial charge in [-0.25, -0.2) is 0 Å². The van der Waals surface area contributed by atoms with Gasteiger partial charge in [0.25, 0.3) is 5.91 Å². The van der Waals surface area contributed by atoms with Crippen molar-refractivity contribution >= 4 is 5.91 Å². The Balaban J connectivity index is 1.74. The quantitative estimate of drug-likeness (QED) is 0.572. The number of carbonyl (C=O) groups is 1. The number of hydrogen-bond donors (Lipinski definition) is 2. The third-order valence-electron chi connectivity index (χ3n) is 5.66. The fourth-order valence-electron chi connectivity index (χ4n) is 3.70. The molecule has 0 bridgehead atoms. The van der Waals surface area contributed by atoms with E-state index in [-0.39, 0.29) is 11.9 Å². The summed E-state index contributed by atoms with van der Waals surface area (Å²) in [5.74, 6) is 1.13. The van der Waals surface area contributed by atoms with Crippen LogP contribution in [0.5, 0.6) is 11.5 Å². The van der Waals surface area contributed by atoms with E-state index in [0.717, 1.165) is 51.3 Å². The molecule has 1 amide bonds. The number of aryl methyl sites for hydroxylation is 1. The normalized spacial score (nSPS) is 15.3. The molecule has 2 aromatic carbocycles. The summed E-state index contributed by atoms with van der Waals surface area (Å²) in [6.07, 6.45) is 2.04. The van der Waals surface area contributed by atoms with E-state index < -0.39 is 0 Å². The Labute approximate surface area is 185 Å². The van der Waals surface area contributed by atoms with Crippen molar-refractivity contribution in [3.8, 4) is 11.5 Å². The van der Waals surface area contributed by atoms with E-state index in [1.165, 1.54) is 10.5 Å². The maximum absolute atomic E-state index is 13.1. The highest BCUT2D eigenvalue weighted by Crippen LogP contribution is 2.28. The zero-order valence-electron chi connectivity index (χ0n) is 18.9. The second-order valence-corrected chi connectivity index (χ2v) is 8.07. The Morgan fingerprint density at radius 3 is 2.55 bits per heavy atom. The summed E-state index contributed by atoms with van der Waals surface area (Å²) in [5.41, 5.74) is 2.88. The fraction of sp³-hybridized carbons (Fsp3) is 0.480. The smallest absolute Gasteiger partial charge is 0.252 e. The van der Waals surface area contributed by atoms with Crippen LogP contribution in [0.2, 0.25) is 0 Å². The molecule has 6 nitrogen and oxygen atoms in total. The molecular formula is C25H35N2O4+. The van der Waals surface area contributed by atoms with Gasteiger partial charge in [0.2, 0.25) is 0 Å². The Kier molecular flexibility index (Phi) is 8.74. The Morgan fingerprint density at radius 1 is 1.13 bits per heavy atom. The predicted molar refractivity (Wildman–Crippen MR) is 121 cm³/mol. The van der Waals surface area contributed by atoms with Gasteiger partial charge < -0.3 is 24.4 Å². The highest BCUT2D eigenvalue weighted by Gasteiger charge is 2.24. The van der Waals surface area contributed by atoms with Gasteiger partial charge in [0.15, 0.2) is 11.5 Å². The maximum Gasteiger partial charge on any atom is 0.252 e. The lowest BCUT2D eigenvalue weighted by molar-refractivity contribution is -0.909. The van der Waals surface area contributed by atoms with E-state index >= 15 is 0 Å². The monoisotopic (exact) mass is 427 g/mol. The molecule has 168 valence electrons. The number of rotatable bonds is 10. The molecule has 31 heavy (non-hydrogen) atoms. The molecule has 0 spiro atoms. The molecule has 1 aliphatic rings.